The van der Waals surface area contributed by atoms with E-state index in [0.29, 0.717) is 0 Å². The molecule has 8 nitrogen and oxygen atoms in total. The van der Waals surface area contributed by atoms with Crippen LogP contribution in [0.4, 0.5) is 14.6 Å². The normalized spacial score (nSPS) is 10.9. The van der Waals surface area contributed by atoms with Crippen LogP contribution in [0, 0.1) is 11.6 Å². The molecule has 0 saturated heterocycles. The maximum absolute atomic E-state index is 13.2. The first-order valence-electron chi connectivity index (χ1n) is 5.20. The molecule has 0 bridgehead atoms. The number of nitrogens with two attached hydrogens (primary N) is 1. The molecule has 0 spiro atoms. The van der Waals surface area contributed by atoms with E-state index >= 15 is 0 Å². The van der Waals surface area contributed by atoms with Crippen LogP contribution in [0.3, 0.4) is 0 Å². The Morgan fingerprint density at radius 2 is 1.95 bits per heavy atom. The monoisotopic (exact) mass is 281 g/mol. The average molecular weight is 281 g/mol. The predicted molar refractivity (Wildman–Crippen MR) is 59.7 cm³/mol. The number of halogens is 2. The molecular weight excluding hydrogens is 276 g/mol. The Bertz CT molecular complexity index is 838. The Hall–Kier alpha value is -3.04. The van der Waals surface area contributed by atoms with E-state index in [4.69, 9.17) is 5.73 Å². The van der Waals surface area contributed by atoms with E-state index in [1.807, 2.05) is 0 Å². The molecule has 0 aliphatic rings. The molecule has 0 aliphatic heterocycles. The molecule has 3 rings (SSSR count). The number of hydrogen-bond donors (Lipinski definition) is 1. The van der Waals surface area contributed by atoms with Crippen LogP contribution in [0.1, 0.15) is 0 Å². The minimum Gasteiger partial charge on any atom is -0.379 e. The van der Waals surface area contributed by atoms with E-state index in [0.717, 1.165) is 16.7 Å². The van der Waals surface area contributed by atoms with Crippen LogP contribution in [0.5, 0.6) is 0 Å². The van der Waals surface area contributed by atoms with Crippen molar-refractivity contribution >= 4 is 5.82 Å². The molecule has 0 radical (unpaired) electrons. The molecule has 20 heavy (non-hydrogen) atoms. The van der Waals surface area contributed by atoms with Gasteiger partial charge in [-0.25, -0.2) is 22.8 Å². The Kier molecular flexibility index (Phi) is 2.56. The lowest BCUT2D eigenvalue weighted by Gasteiger charge is -2.02. The van der Waals surface area contributed by atoms with Gasteiger partial charge >= 0.3 is 5.76 Å². The summed E-state index contributed by atoms with van der Waals surface area (Å²) < 4.78 is 35.9. The Morgan fingerprint density at radius 1 is 1.15 bits per heavy atom. The van der Waals surface area contributed by atoms with Crippen LogP contribution in [-0.4, -0.2) is 20.0 Å². The van der Waals surface area contributed by atoms with Gasteiger partial charge < -0.3 is 5.73 Å². The number of rotatable bonds is 2. The van der Waals surface area contributed by atoms with Gasteiger partial charge in [-0.2, -0.15) is 0 Å². The molecule has 102 valence electrons. The van der Waals surface area contributed by atoms with Crippen molar-refractivity contribution < 1.29 is 17.9 Å². The summed E-state index contributed by atoms with van der Waals surface area (Å²) in [5.74, 6) is -3.38. The molecule has 3 aromatic rings. The first-order valence-corrected chi connectivity index (χ1v) is 5.20. The Morgan fingerprint density at radius 3 is 2.60 bits per heavy atom. The molecule has 2 N–H and O–H groups in total. The van der Waals surface area contributed by atoms with Gasteiger partial charge in [-0.1, -0.05) is 5.16 Å². The van der Waals surface area contributed by atoms with Crippen molar-refractivity contribution in [1.29, 1.82) is 0 Å². The van der Waals surface area contributed by atoms with Gasteiger partial charge in [-0.15, -0.1) is 0 Å². The molecule has 0 fully saturated rings. The highest BCUT2D eigenvalue weighted by Crippen LogP contribution is 2.22. The number of nitrogen functional groups attached to an aromatic ring is 1. The summed E-state index contributed by atoms with van der Waals surface area (Å²) in [4.78, 5) is 11.6. The fourth-order valence-corrected chi connectivity index (χ4v) is 1.60. The summed E-state index contributed by atoms with van der Waals surface area (Å²) in [5, 5.41) is 10.3. The molecule has 0 saturated carbocycles. The molecule has 10 heteroatoms. The smallest absolute Gasteiger partial charge is 0.379 e. The summed E-state index contributed by atoms with van der Waals surface area (Å²) >= 11 is 0. The summed E-state index contributed by atoms with van der Waals surface area (Å²) in [6.45, 7) is 0. The Balaban J connectivity index is 2.24. The highest BCUT2D eigenvalue weighted by molar-refractivity contribution is 5.63. The largest absolute Gasteiger partial charge is 0.446 e. The number of aromatic nitrogens is 4. The van der Waals surface area contributed by atoms with Gasteiger partial charge in [0.15, 0.2) is 23.1 Å². The number of anilines is 1. The second-order valence-corrected chi connectivity index (χ2v) is 3.70. The summed E-state index contributed by atoms with van der Waals surface area (Å²) in [6, 6.07) is 2.84. The van der Waals surface area contributed by atoms with Crippen molar-refractivity contribution in [3.63, 3.8) is 0 Å². The fourth-order valence-electron chi connectivity index (χ4n) is 1.60. The van der Waals surface area contributed by atoms with Crippen LogP contribution < -0.4 is 11.5 Å². The van der Waals surface area contributed by atoms with Crippen LogP contribution in [0.2, 0.25) is 0 Å². The van der Waals surface area contributed by atoms with Gasteiger partial charge in [0.05, 0.1) is 5.69 Å². The number of hydrogen-bond acceptors (Lipinski definition) is 7. The van der Waals surface area contributed by atoms with Crippen LogP contribution >= 0.6 is 0 Å². The van der Waals surface area contributed by atoms with Crippen molar-refractivity contribution in [3.05, 3.63) is 40.4 Å². The van der Waals surface area contributed by atoms with Crippen LogP contribution in [-0.2, 0) is 0 Å². The lowest BCUT2D eigenvalue weighted by Crippen LogP contribution is -2.14. The molecule has 2 aromatic heterocycles. The maximum atomic E-state index is 13.2. The van der Waals surface area contributed by atoms with E-state index in [1.54, 1.807) is 0 Å². The predicted octanol–water partition coefficient (Wildman–Crippen LogP) is 0.736. The molecule has 2 heterocycles. The summed E-state index contributed by atoms with van der Waals surface area (Å²) in [6.07, 6.45) is 0. The highest BCUT2D eigenvalue weighted by atomic mass is 19.2. The third-order valence-electron chi connectivity index (χ3n) is 2.49. The first-order chi connectivity index (χ1) is 9.58. The molecule has 0 unspecified atom stereocenters. The van der Waals surface area contributed by atoms with Gasteiger partial charge in [0.2, 0.25) is 5.82 Å². The average Bonchev–Trinajstić information content (AvgIpc) is 2.99. The van der Waals surface area contributed by atoms with E-state index in [1.165, 1.54) is 6.07 Å². The number of benzene rings is 1. The second kappa shape index (κ2) is 4.26. The number of nitrogens with zero attached hydrogens (tertiary/aromatic N) is 4. The van der Waals surface area contributed by atoms with Gasteiger partial charge in [-0.3, -0.25) is 4.52 Å². The van der Waals surface area contributed by atoms with Crippen molar-refractivity contribution in [2.45, 2.75) is 0 Å². The van der Waals surface area contributed by atoms with E-state index < -0.39 is 17.4 Å². The van der Waals surface area contributed by atoms with Crippen molar-refractivity contribution in [2.24, 2.45) is 0 Å². The lowest BCUT2D eigenvalue weighted by atomic mass is 10.3. The topological polar surface area (TPSA) is 113 Å². The van der Waals surface area contributed by atoms with Gasteiger partial charge in [0, 0.05) is 6.07 Å². The zero-order valence-corrected chi connectivity index (χ0v) is 9.58. The van der Waals surface area contributed by atoms with Gasteiger partial charge in [0.1, 0.15) is 0 Å². The molecular formula is C10H5F2N5O3. The molecule has 0 amide bonds. The SMILES string of the molecule is Nc1nonc1-c1noc(=O)n1-c1ccc(F)c(F)c1. The molecule has 0 atom stereocenters. The standard InChI is InChI=1S/C10H5F2N5O3/c11-5-2-1-4(3-6(5)12)17-9(16-19-10(17)18)7-8(13)15-20-14-7/h1-3H,(H2,13,15). The van der Waals surface area contributed by atoms with Crippen molar-refractivity contribution in [1.82, 2.24) is 20.0 Å². The third kappa shape index (κ3) is 1.74. The van der Waals surface area contributed by atoms with E-state index in [-0.39, 0.29) is 23.0 Å². The molecule has 0 aliphatic carbocycles. The van der Waals surface area contributed by atoms with Gasteiger partial charge in [0.25, 0.3) is 0 Å². The minimum absolute atomic E-state index is 0.00690. The summed E-state index contributed by atoms with van der Waals surface area (Å²) in [5.41, 5.74) is 5.42. The van der Waals surface area contributed by atoms with Crippen LogP contribution in [0.25, 0.3) is 17.2 Å². The minimum atomic E-state index is -1.13. The molecule has 1 aromatic carbocycles. The summed E-state index contributed by atoms with van der Waals surface area (Å²) in [7, 11) is 0. The quantitative estimate of drug-likeness (QED) is 0.736. The zero-order chi connectivity index (χ0) is 14.3. The fraction of sp³-hybridized carbons (Fsp3) is 0. The third-order valence-corrected chi connectivity index (χ3v) is 2.49. The maximum Gasteiger partial charge on any atom is 0.446 e. The van der Waals surface area contributed by atoms with E-state index in [9.17, 15) is 13.6 Å². The zero-order valence-electron chi connectivity index (χ0n) is 9.58. The van der Waals surface area contributed by atoms with E-state index in [2.05, 4.69) is 24.6 Å². The lowest BCUT2D eigenvalue weighted by molar-refractivity contribution is 0.310. The van der Waals surface area contributed by atoms with Crippen molar-refractivity contribution in [3.8, 4) is 17.2 Å². The van der Waals surface area contributed by atoms with Crippen molar-refractivity contribution in [2.75, 3.05) is 5.73 Å². The van der Waals surface area contributed by atoms with Gasteiger partial charge in [-0.05, 0) is 22.4 Å². The van der Waals surface area contributed by atoms with Crippen LogP contribution in [0.15, 0.2) is 32.1 Å². The first kappa shape index (κ1) is 12.0. The second-order valence-electron chi connectivity index (χ2n) is 3.70. The Labute approximate surface area is 108 Å². The highest BCUT2D eigenvalue weighted by Gasteiger charge is 2.21.